The van der Waals surface area contributed by atoms with Gasteiger partial charge in [-0.15, -0.1) is 0 Å². The predicted octanol–water partition coefficient (Wildman–Crippen LogP) is 5.12. The molecular formula is C41H50F5N5O10S. The minimum Gasteiger partial charge on any atom is -0.494 e. The molecule has 2 aromatic rings. The first-order valence-corrected chi connectivity index (χ1v) is 22.2. The van der Waals surface area contributed by atoms with Crippen molar-refractivity contribution in [2.75, 3.05) is 26.9 Å². The van der Waals surface area contributed by atoms with Gasteiger partial charge in [0.25, 0.3) is 5.91 Å². The van der Waals surface area contributed by atoms with Gasteiger partial charge in [-0.3, -0.25) is 19.1 Å². The second-order valence-corrected chi connectivity index (χ2v) is 19.3. The predicted molar refractivity (Wildman–Crippen MR) is 210 cm³/mol. The Morgan fingerprint density at radius 3 is 2.53 bits per heavy atom. The third-order valence-corrected chi connectivity index (χ3v) is 14.9. The SMILES string of the molecule is COc1cc2ccnc(O[C@@H]3C[C@H]4C(=O)N[C@]5(C(=O)NS(=O)(=O)C6(CF)CC6)CC5/C=C\CC[C@@H](C)C[C@@H](C)[C@H](NC(=O)OC5(C(F)(F)F)CCCCO5)C(=O)N4C3)c2cc1F. The zero-order valence-electron chi connectivity index (χ0n) is 34.4. The molecule has 5 aliphatic rings. The van der Waals surface area contributed by atoms with Gasteiger partial charge in [-0.2, -0.15) is 13.2 Å². The van der Waals surface area contributed by atoms with E-state index >= 15 is 0 Å². The van der Waals surface area contributed by atoms with Gasteiger partial charge in [0.15, 0.2) is 11.6 Å². The van der Waals surface area contributed by atoms with Crippen LogP contribution in [0.15, 0.2) is 36.5 Å². The number of alkyl halides is 4. The number of allylic oxidation sites excluding steroid dienone is 1. The number of hydrogen-bond donors (Lipinski definition) is 3. The lowest BCUT2D eigenvalue weighted by Crippen LogP contribution is -2.60. The number of halogens is 5. The third kappa shape index (κ3) is 8.74. The zero-order valence-corrected chi connectivity index (χ0v) is 35.2. The van der Waals surface area contributed by atoms with E-state index in [1.165, 1.54) is 19.4 Å². The molecule has 1 aromatic heterocycles. The molecule has 7 rings (SSSR count). The van der Waals surface area contributed by atoms with E-state index in [1.807, 2.05) is 11.6 Å². The van der Waals surface area contributed by atoms with Gasteiger partial charge in [-0.25, -0.2) is 27.0 Å². The molecule has 4 fully saturated rings. The lowest BCUT2D eigenvalue weighted by Gasteiger charge is -2.38. The van der Waals surface area contributed by atoms with E-state index in [0.29, 0.717) is 24.6 Å². The number of hydrogen-bond acceptors (Lipinski definition) is 11. The Labute approximate surface area is 354 Å². The highest BCUT2D eigenvalue weighted by atomic mass is 32.2. The summed E-state index contributed by atoms with van der Waals surface area (Å²) in [5.74, 6) is -8.51. The van der Waals surface area contributed by atoms with Crippen LogP contribution in [0, 0.1) is 23.6 Å². The molecule has 2 unspecified atom stereocenters. The fourth-order valence-electron chi connectivity index (χ4n) is 8.74. The standard InChI is InChI=1S/C41H50F5N5O10S/c1-23-8-4-5-9-26-20-39(26,36(54)50-62(56,57)38(22-42)12-13-38)49-33(52)30-18-27(60-34-28-19-29(43)31(58-3)17-25(28)10-14-47-34)21-51(30)35(53)32(24(2)16-23)48-37(55)61-40(41(44,45)46)11-6-7-15-59-40/h5,9-10,14,17,19,23-24,26-27,30,32H,4,6-8,11-13,15-16,18,20-22H2,1-3H3,(H,48,55)(H,49,52)(H,50,54)/b9-5-/t23-,24-,26?,27-,30+,32+,39-,40?/m1/s1. The minimum atomic E-state index is -5.11. The maximum Gasteiger partial charge on any atom is 0.455 e. The number of amides is 4. The number of rotatable bonds is 9. The normalized spacial score (nSPS) is 31.9. The number of carbonyl (C=O) groups excluding carboxylic acids is 4. The molecule has 340 valence electrons. The molecule has 2 saturated carbocycles. The maximum atomic E-state index is 14.9. The van der Waals surface area contributed by atoms with Crippen LogP contribution in [-0.2, 0) is 33.9 Å². The van der Waals surface area contributed by atoms with Crippen LogP contribution >= 0.6 is 0 Å². The van der Waals surface area contributed by atoms with Crippen molar-refractivity contribution < 1.29 is 68.5 Å². The summed E-state index contributed by atoms with van der Waals surface area (Å²) in [7, 11) is -3.20. The zero-order chi connectivity index (χ0) is 44.8. The van der Waals surface area contributed by atoms with Crippen molar-refractivity contribution in [3.8, 4) is 11.6 Å². The molecular weight excluding hydrogens is 850 g/mol. The lowest BCUT2D eigenvalue weighted by molar-refractivity contribution is -0.372. The minimum absolute atomic E-state index is 0.00461. The molecule has 2 aliphatic carbocycles. The van der Waals surface area contributed by atoms with Crippen LogP contribution in [0.3, 0.4) is 0 Å². The van der Waals surface area contributed by atoms with Crippen LogP contribution in [0.25, 0.3) is 10.8 Å². The van der Waals surface area contributed by atoms with E-state index < -0.39 is 105 Å². The van der Waals surface area contributed by atoms with Gasteiger partial charge < -0.3 is 34.5 Å². The van der Waals surface area contributed by atoms with Crippen molar-refractivity contribution in [3.63, 3.8) is 0 Å². The summed E-state index contributed by atoms with van der Waals surface area (Å²) in [5.41, 5.74) is -1.82. The second-order valence-electron chi connectivity index (χ2n) is 17.2. The summed E-state index contributed by atoms with van der Waals surface area (Å²) in [4.78, 5) is 62.2. The number of sulfonamides is 1. The molecule has 62 heavy (non-hydrogen) atoms. The van der Waals surface area contributed by atoms with E-state index in [1.54, 1.807) is 25.1 Å². The van der Waals surface area contributed by atoms with Gasteiger partial charge in [0.2, 0.25) is 27.7 Å². The fourth-order valence-corrected chi connectivity index (χ4v) is 10.2. The summed E-state index contributed by atoms with van der Waals surface area (Å²) >= 11 is 0. The maximum absolute atomic E-state index is 14.9. The van der Waals surface area contributed by atoms with Crippen LogP contribution in [-0.4, -0.2) is 109 Å². The molecule has 8 atom stereocenters. The van der Waals surface area contributed by atoms with E-state index in [9.17, 15) is 49.5 Å². The number of nitrogens with zero attached hydrogens (tertiary/aromatic N) is 2. The monoisotopic (exact) mass is 899 g/mol. The van der Waals surface area contributed by atoms with Gasteiger partial charge in [-0.1, -0.05) is 26.0 Å². The number of carbonyl (C=O) groups is 4. The molecule has 21 heteroatoms. The Morgan fingerprint density at radius 1 is 1.11 bits per heavy atom. The molecule has 1 aromatic carbocycles. The number of ether oxygens (including phenoxy) is 4. The number of pyridine rings is 1. The molecule has 4 amide bonds. The highest BCUT2D eigenvalue weighted by Crippen LogP contribution is 2.48. The third-order valence-electron chi connectivity index (χ3n) is 12.7. The van der Waals surface area contributed by atoms with Crippen molar-refractivity contribution in [3.05, 3.63) is 42.4 Å². The van der Waals surface area contributed by atoms with Crippen LogP contribution < -0.4 is 24.8 Å². The van der Waals surface area contributed by atoms with Gasteiger partial charge in [0.1, 0.15) is 35.1 Å². The molecule has 0 bridgehead atoms. The number of nitrogens with one attached hydrogen (secondary N) is 3. The molecule has 4 heterocycles. The number of aromatic nitrogens is 1. The topological polar surface area (TPSA) is 192 Å². The highest BCUT2D eigenvalue weighted by molar-refractivity contribution is 7.91. The Kier molecular flexibility index (Phi) is 12.4. The largest absolute Gasteiger partial charge is 0.494 e. The van der Waals surface area contributed by atoms with Gasteiger partial charge in [-0.05, 0) is 86.8 Å². The Bertz CT molecular complexity index is 2220. The summed E-state index contributed by atoms with van der Waals surface area (Å²) in [6.07, 6.45) is -2.15. The summed E-state index contributed by atoms with van der Waals surface area (Å²) in [5, 5.41) is 5.75. The van der Waals surface area contributed by atoms with E-state index in [-0.39, 0.29) is 74.6 Å². The first-order valence-electron chi connectivity index (χ1n) is 20.7. The smallest absolute Gasteiger partial charge is 0.455 e. The van der Waals surface area contributed by atoms with Gasteiger partial charge in [0.05, 0.1) is 20.3 Å². The fraction of sp³-hybridized carbons (Fsp3) is 0.634. The number of fused-ring (bicyclic) bond motifs is 3. The number of benzene rings is 1. The molecule has 2 saturated heterocycles. The van der Waals surface area contributed by atoms with Crippen LogP contribution in [0.5, 0.6) is 11.6 Å². The Morgan fingerprint density at radius 2 is 1.87 bits per heavy atom. The average Bonchev–Trinajstić information content (AvgIpc) is 4.12. The summed E-state index contributed by atoms with van der Waals surface area (Å²) < 4.78 is 120. The lowest BCUT2D eigenvalue weighted by atomic mass is 9.88. The van der Waals surface area contributed by atoms with Gasteiger partial charge >= 0.3 is 18.1 Å². The van der Waals surface area contributed by atoms with E-state index in [0.717, 1.165) is 11.0 Å². The Hall–Kier alpha value is -4.79. The van der Waals surface area contributed by atoms with Crippen molar-refractivity contribution in [2.24, 2.45) is 17.8 Å². The number of alkyl carbamates (subject to hydrolysis) is 1. The highest BCUT2D eigenvalue weighted by Gasteiger charge is 2.64. The second kappa shape index (κ2) is 17.1. The first kappa shape index (κ1) is 45.2. The van der Waals surface area contributed by atoms with Crippen LogP contribution in [0.2, 0.25) is 0 Å². The van der Waals surface area contributed by atoms with Gasteiger partial charge in [0, 0.05) is 30.3 Å². The molecule has 3 aliphatic heterocycles. The van der Waals surface area contributed by atoms with Crippen molar-refractivity contribution in [1.29, 1.82) is 0 Å². The number of methoxy groups -OCH3 is 1. The van der Waals surface area contributed by atoms with Crippen molar-refractivity contribution in [2.45, 2.75) is 118 Å². The van der Waals surface area contributed by atoms with Crippen LogP contribution in [0.4, 0.5) is 26.7 Å². The quantitative estimate of drug-likeness (QED) is 0.224. The average molecular weight is 900 g/mol. The van der Waals surface area contributed by atoms with E-state index in [2.05, 4.69) is 15.6 Å². The Balaban J connectivity index is 1.23. The molecule has 0 spiro atoms. The summed E-state index contributed by atoms with van der Waals surface area (Å²) in [6, 6.07) is 1.13. The molecule has 0 radical (unpaired) electrons. The van der Waals surface area contributed by atoms with Crippen molar-refractivity contribution in [1.82, 2.24) is 25.2 Å². The first-order chi connectivity index (χ1) is 29.3. The van der Waals surface area contributed by atoms with Crippen LogP contribution in [0.1, 0.15) is 78.1 Å². The molecule has 15 nitrogen and oxygen atoms in total. The summed E-state index contributed by atoms with van der Waals surface area (Å²) in [6.45, 7) is 1.63. The van der Waals surface area contributed by atoms with Crippen molar-refractivity contribution >= 4 is 44.6 Å². The molecule has 3 N–H and O–H groups in total. The van der Waals surface area contributed by atoms with E-state index in [4.69, 9.17) is 18.9 Å².